The van der Waals surface area contributed by atoms with E-state index in [1.54, 1.807) is 19.1 Å². The number of methoxy groups -OCH3 is 2. The van der Waals surface area contributed by atoms with E-state index in [1.165, 1.54) is 0 Å². The van der Waals surface area contributed by atoms with Gasteiger partial charge in [0.05, 0.1) is 0 Å². The van der Waals surface area contributed by atoms with E-state index < -0.39 is 5.60 Å². The van der Waals surface area contributed by atoms with Crippen molar-refractivity contribution in [2.24, 2.45) is 5.92 Å². The van der Waals surface area contributed by atoms with Gasteiger partial charge in [-0.05, 0) is 39.7 Å². The van der Waals surface area contributed by atoms with E-state index in [2.05, 4.69) is 5.32 Å². The number of amides is 1. The molecule has 6 nitrogen and oxygen atoms in total. The summed E-state index contributed by atoms with van der Waals surface area (Å²) in [5, 5.41) is 3.31. The molecule has 0 aromatic carbocycles. The first-order chi connectivity index (χ1) is 9.35. The topological polar surface area (TPSA) is 60.0 Å². The molecule has 1 aliphatic heterocycles. The summed E-state index contributed by atoms with van der Waals surface area (Å²) in [5.41, 5.74) is -0.433. The Balaban J connectivity index is 2.24. The summed E-state index contributed by atoms with van der Waals surface area (Å²) in [6, 6.07) is 0. The number of nitrogens with zero attached hydrogens (tertiary/aromatic N) is 1. The van der Waals surface area contributed by atoms with Gasteiger partial charge < -0.3 is 24.4 Å². The third-order valence-electron chi connectivity index (χ3n) is 3.21. The average molecular weight is 288 g/mol. The van der Waals surface area contributed by atoms with Crippen molar-refractivity contribution < 1.29 is 19.0 Å². The van der Waals surface area contributed by atoms with Crippen LogP contribution in [-0.4, -0.2) is 63.3 Å². The van der Waals surface area contributed by atoms with Crippen molar-refractivity contribution in [1.82, 2.24) is 10.2 Å². The summed E-state index contributed by atoms with van der Waals surface area (Å²) in [7, 11) is 3.24. The van der Waals surface area contributed by atoms with Crippen molar-refractivity contribution in [3.05, 3.63) is 0 Å². The molecule has 0 bridgehead atoms. The van der Waals surface area contributed by atoms with Crippen LogP contribution in [0.2, 0.25) is 0 Å². The summed E-state index contributed by atoms with van der Waals surface area (Å²) in [6.07, 6.45) is 0.557. The lowest BCUT2D eigenvalue weighted by Gasteiger charge is -2.24. The first kappa shape index (κ1) is 17.2. The van der Waals surface area contributed by atoms with E-state index >= 15 is 0 Å². The number of nitrogens with one attached hydrogen (secondary N) is 1. The molecular weight excluding hydrogens is 260 g/mol. The number of ether oxygens (including phenoxy) is 3. The van der Waals surface area contributed by atoms with E-state index in [0.717, 1.165) is 26.1 Å². The molecule has 1 unspecified atom stereocenters. The molecule has 1 atom stereocenters. The zero-order valence-electron chi connectivity index (χ0n) is 13.3. The molecule has 1 heterocycles. The van der Waals surface area contributed by atoms with Gasteiger partial charge in [0.1, 0.15) is 5.60 Å². The van der Waals surface area contributed by atoms with Crippen molar-refractivity contribution >= 4 is 6.09 Å². The first-order valence-corrected chi connectivity index (χ1v) is 7.10. The molecule has 0 aliphatic carbocycles. The van der Waals surface area contributed by atoms with E-state index in [1.807, 2.05) is 20.8 Å². The fourth-order valence-electron chi connectivity index (χ4n) is 2.16. The lowest BCUT2D eigenvalue weighted by atomic mass is 10.1. The highest BCUT2D eigenvalue weighted by Crippen LogP contribution is 2.18. The fraction of sp³-hybridized carbons (Fsp3) is 0.929. The number of likely N-dealkylation sites (tertiary alicyclic amines) is 1. The first-order valence-electron chi connectivity index (χ1n) is 7.10. The van der Waals surface area contributed by atoms with Crippen LogP contribution in [-0.2, 0) is 14.2 Å². The molecule has 1 saturated heterocycles. The van der Waals surface area contributed by atoms with Crippen molar-refractivity contribution in [2.75, 3.05) is 40.4 Å². The largest absolute Gasteiger partial charge is 0.444 e. The van der Waals surface area contributed by atoms with Crippen LogP contribution in [0.25, 0.3) is 0 Å². The molecular formula is C14H28N2O4. The van der Waals surface area contributed by atoms with Crippen molar-refractivity contribution in [3.8, 4) is 0 Å². The lowest BCUT2D eigenvalue weighted by Crippen LogP contribution is -2.37. The minimum absolute atomic E-state index is 0.216. The summed E-state index contributed by atoms with van der Waals surface area (Å²) >= 11 is 0. The third-order valence-corrected chi connectivity index (χ3v) is 3.21. The van der Waals surface area contributed by atoms with Crippen LogP contribution < -0.4 is 5.32 Å². The molecule has 1 fully saturated rings. The maximum Gasteiger partial charge on any atom is 0.410 e. The summed E-state index contributed by atoms with van der Waals surface area (Å²) in [5.74, 6) is 0.455. The molecule has 0 aromatic heterocycles. The van der Waals surface area contributed by atoms with Gasteiger partial charge in [0, 0.05) is 33.9 Å². The normalized spacial score (nSPS) is 19.7. The van der Waals surface area contributed by atoms with Gasteiger partial charge in [-0.15, -0.1) is 0 Å². The van der Waals surface area contributed by atoms with Gasteiger partial charge in [-0.1, -0.05) is 0 Å². The number of carbonyl (C=O) groups is 1. The smallest absolute Gasteiger partial charge is 0.410 e. The van der Waals surface area contributed by atoms with E-state index in [4.69, 9.17) is 14.2 Å². The Labute approximate surface area is 121 Å². The third kappa shape index (κ3) is 6.07. The quantitative estimate of drug-likeness (QED) is 0.750. The maximum absolute atomic E-state index is 11.9. The lowest BCUT2D eigenvalue weighted by molar-refractivity contribution is -0.0989. The minimum atomic E-state index is -0.433. The van der Waals surface area contributed by atoms with Gasteiger partial charge in [0.2, 0.25) is 0 Å². The Morgan fingerprint density at radius 1 is 1.35 bits per heavy atom. The van der Waals surface area contributed by atoms with E-state index in [9.17, 15) is 4.79 Å². The van der Waals surface area contributed by atoms with Gasteiger partial charge in [-0.25, -0.2) is 4.79 Å². The van der Waals surface area contributed by atoms with Crippen LogP contribution >= 0.6 is 0 Å². The van der Waals surface area contributed by atoms with Crippen LogP contribution in [0.4, 0.5) is 4.79 Å². The monoisotopic (exact) mass is 288 g/mol. The minimum Gasteiger partial charge on any atom is -0.444 e. The Hall–Kier alpha value is -0.850. The maximum atomic E-state index is 11.9. The number of hydrogen-bond acceptors (Lipinski definition) is 5. The van der Waals surface area contributed by atoms with Gasteiger partial charge in [0.15, 0.2) is 6.29 Å². The molecule has 0 radical (unpaired) electrons. The molecule has 1 N–H and O–H groups in total. The second-order valence-corrected chi connectivity index (χ2v) is 6.14. The Morgan fingerprint density at radius 2 is 2.00 bits per heavy atom. The summed E-state index contributed by atoms with van der Waals surface area (Å²) < 4.78 is 15.6. The molecule has 118 valence electrons. The highest BCUT2D eigenvalue weighted by Gasteiger charge is 2.29. The van der Waals surface area contributed by atoms with Crippen LogP contribution in [0.1, 0.15) is 27.2 Å². The van der Waals surface area contributed by atoms with Crippen molar-refractivity contribution in [2.45, 2.75) is 39.1 Å². The molecule has 6 heteroatoms. The molecule has 1 amide bonds. The van der Waals surface area contributed by atoms with Crippen LogP contribution in [0.15, 0.2) is 0 Å². The van der Waals surface area contributed by atoms with Crippen LogP contribution in [0.3, 0.4) is 0 Å². The SMILES string of the molecule is COC(CNCC1CCN(C(=O)OC(C)(C)C)C1)OC. The number of carbonyl (C=O) groups excluding carboxylic acids is 1. The van der Waals surface area contributed by atoms with Crippen molar-refractivity contribution in [3.63, 3.8) is 0 Å². The summed E-state index contributed by atoms with van der Waals surface area (Å²) in [4.78, 5) is 13.7. The number of rotatable bonds is 6. The van der Waals surface area contributed by atoms with E-state index in [0.29, 0.717) is 12.5 Å². The molecule has 1 aliphatic rings. The standard InChI is InChI=1S/C14H28N2O4/c1-14(2,3)20-13(17)16-7-6-11(10-16)8-15-9-12(18-4)19-5/h11-12,15H,6-10H2,1-5H3. The molecule has 0 saturated carbocycles. The second kappa shape index (κ2) is 7.81. The predicted molar refractivity (Wildman–Crippen MR) is 76.6 cm³/mol. The fourth-order valence-corrected chi connectivity index (χ4v) is 2.16. The van der Waals surface area contributed by atoms with Crippen LogP contribution in [0, 0.1) is 5.92 Å². The molecule has 0 spiro atoms. The highest BCUT2D eigenvalue weighted by molar-refractivity contribution is 5.68. The zero-order valence-corrected chi connectivity index (χ0v) is 13.3. The van der Waals surface area contributed by atoms with Crippen molar-refractivity contribution in [1.29, 1.82) is 0 Å². The Kier molecular flexibility index (Phi) is 6.71. The van der Waals surface area contributed by atoms with Crippen LogP contribution in [0.5, 0.6) is 0 Å². The predicted octanol–water partition coefficient (Wildman–Crippen LogP) is 1.45. The number of hydrogen-bond donors (Lipinski definition) is 1. The van der Waals surface area contributed by atoms with Gasteiger partial charge in [-0.3, -0.25) is 0 Å². The van der Waals surface area contributed by atoms with E-state index in [-0.39, 0.29) is 12.4 Å². The molecule has 0 aromatic rings. The highest BCUT2D eigenvalue weighted by atomic mass is 16.7. The molecule has 1 rings (SSSR count). The average Bonchev–Trinajstić information content (AvgIpc) is 2.81. The zero-order chi connectivity index (χ0) is 15.2. The Morgan fingerprint density at radius 3 is 2.55 bits per heavy atom. The van der Waals surface area contributed by atoms with Gasteiger partial charge >= 0.3 is 6.09 Å². The van der Waals surface area contributed by atoms with Gasteiger partial charge in [-0.2, -0.15) is 0 Å². The summed E-state index contributed by atoms with van der Waals surface area (Å²) in [6.45, 7) is 8.66. The molecule has 20 heavy (non-hydrogen) atoms. The van der Waals surface area contributed by atoms with Gasteiger partial charge in [0.25, 0.3) is 0 Å². The Bertz CT molecular complexity index is 300. The second-order valence-electron chi connectivity index (χ2n) is 6.14.